The Labute approximate surface area is 138 Å². The molecule has 0 bridgehead atoms. The summed E-state index contributed by atoms with van der Waals surface area (Å²) >= 11 is 2.04. The number of carbonyl (C=O) groups excluding carboxylic acids is 1. The molecule has 0 spiro atoms. The summed E-state index contributed by atoms with van der Waals surface area (Å²) in [5.41, 5.74) is 0. The molecule has 3 aliphatic rings. The highest BCUT2D eigenvalue weighted by molar-refractivity contribution is 7.99. The van der Waals surface area contributed by atoms with Gasteiger partial charge in [-0.15, -0.1) is 0 Å². The lowest BCUT2D eigenvalue weighted by atomic mass is 10.1. The highest BCUT2D eigenvalue weighted by atomic mass is 32.2. The van der Waals surface area contributed by atoms with E-state index in [1.807, 2.05) is 16.7 Å². The average Bonchev–Trinajstić information content (AvgIpc) is 3.26. The molecular weight excluding hydrogens is 296 g/mol. The van der Waals surface area contributed by atoms with E-state index in [-0.39, 0.29) is 6.03 Å². The summed E-state index contributed by atoms with van der Waals surface area (Å²) in [5.74, 6) is 2.01. The number of ether oxygens (including phenoxy) is 1. The molecule has 0 aromatic rings. The van der Waals surface area contributed by atoms with Crippen LogP contribution >= 0.6 is 11.8 Å². The number of nitrogens with one attached hydrogen (secondary N) is 1. The number of hydrogen-bond donors (Lipinski definition) is 1. The van der Waals surface area contributed by atoms with Crippen LogP contribution < -0.4 is 5.32 Å². The third-order valence-electron chi connectivity index (χ3n) is 5.11. The molecule has 4 nitrogen and oxygen atoms in total. The van der Waals surface area contributed by atoms with Gasteiger partial charge in [-0.05, 0) is 56.6 Å². The fraction of sp³-hybridized carbons (Fsp3) is 0.941. The van der Waals surface area contributed by atoms with E-state index in [1.54, 1.807) is 0 Å². The van der Waals surface area contributed by atoms with Crippen LogP contribution in [0.1, 0.15) is 51.9 Å². The largest absolute Gasteiger partial charge is 0.378 e. The Morgan fingerprint density at radius 3 is 2.64 bits per heavy atom. The zero-order chi connectivity index (χ0) is 15.4. The molecule has 1 aliphatic heterocycles. The smallest absolute Gasteiger partial charge is 0.317 e. The van der Waals surface area contributed by atoms with Crippen LogP contribution in [0.2, 0.25) is 0 Å². The third kappa shape index (κ3) is 4.79. The average molecular weight is 327 g/mol. The minimum atomic E-state index is 0.146. The van der Waals surface area contributed by atoms with Crippen molar-refractivity contribution >= 4 is 17.8 Å². The predicted molar refractivity (Wildman–Crippen MR) is 91.4 cm³/mol. The number of piperidine rings is 1. The molecule has 1 heterocycles. The Hall–Kier alpha value is -0.420. The van der Waals surface area contributed by atoms with Crippen LogP contribution in [0.3, 0.4) is 0 Å². The van der Waals surface area contributed by atoms with Crippen molar-refractivity contribution in [3.05, 3.63) is 0 Å². The Bertz CT molecular complexity index is 368. The van der Waals surface area contributed by atoms with Gasteiger partial charge in [-0.2, -0.15) is 11.8 Å². The lowest BCUT2D eigenvalue weighted by molar-refractivity contribution is 0.00931. The Morgan fingerprint density at radius 1 is 1.18 bits per heavy atom. The summed E-state index contributed by atoms with van der Waals surface area (Å²) < 4.78 is 5.95. The molecule has 1 saturated heterocycles. The zero-order valence-corrected chi connectivity index (χ0v) is 14.6. The van der Waals surface area contributed by atoms with Gasteiger partial charge in [0, 0.05) is 31.0 Å². The minimum Gasteiger partial charge on any atom is -0.378 e. The second-order valence-corrected chi connectivity index (χ2v) is 8.58. The quantitative estimate of drug-likeness (QED) is 0.814. The van der Waals surface area contributed by atoms with Gasteiger partial charge in [0.25, 0.3) is 0 Å². The minimum absolute atomic E-state index is 0.146. The van der Waals surface area contributed by atoms with Gasteiger partial charge in [-0.3, -0.25) is 0 Å². The number of likely N-dealkylation sites (tertiary alicyclic amines) is 1. The van der Waals surface area contributed by atoms with E-state index in [1.165, 1.54) is 25.0 Å². The summed E-state index contributed by atoms with van der Waals surface area (Å²) in [7, 11) is 0. The number of rotatable bonds is 6. The number of amides is 2. The summed E-state index contributed by atoms with van der Waals surface area (Å²) in [6.45, 7) is 4.85. The Kier molecular flexibility index (Phi) is 5.91. The Morgan fingerprint density at radius 2 is 1.95 bits per heavy atom. The molecule has 3 rings (SSSR count). The topological polar surface area (TPSA) is 41.6 Å². The number of hydrogen-bond acceptors (Lipinski definition) is 3. The molecular formula is C17H30N2O2S. The molecule has 1 N–H and O–H groups in total. The van der Waals surface area contributed by atoms with Gasteiger partial charge in [-0.1, -0.05) is 6.92 Å². The summed E-state index contributed by atoms with van der Waals surface area (Å²) in [6.07, 6.45) is 8.61. The van der Waals surface area contributed by atoms with Gasteiger partial charge in [0.1, 0.15) is 0 Å². The summed E-state index contributed by atoms with van der Waals surface area (Å²) in [6, 6.07) is 0.535. The lowest BCUT2D eigenvalue weighted by Crippen LogP contribution is -2.48. The van der Waals surface area contributed by atoms with Gasteiger partial charge in [0.15, 0.2) is 0 Å². The number of thioether (sulfide) groups is 1. The van der Waals surface area contributed by atoms with Crippen molar-refractivity contribution in [2.45, 2.75) is 69.3 Å². The van der Waals surface area contributed by atoms with Crippen molar-refractivity contribution in [1.82, 2.24) is 10.2 Å². The maximum absolute atomic E-state index is 12.4. The van der Waals surface area contributed by atoms with Crippen molar-refractivity contribution in [2.75, 3.05) is 25.4 Å². The second kappa shape index (κ2) is 7.91. The van der Waals surface area contributed by atoms with Crippen LogP contribution in [0.15, 0.2) is 0 Å². The zero-order valence-electron chi connectivity index (χ0n) is 13.8. The van der Waals surface area contributed by atoms with E-state index in [2.05, 4.69) is 12.2 Å². The van der Waals surface area contributed by atoms with Gasteiger partial charge < -0.3 is 15.0 Å². The third-order valence-corrected chi connectivity index (χ3v) is 6.34. The van der Waals surface area contributed by atoms with Crippen LogP contribution in [0, 0.1) is 5.92 Å². The van der Waals surface area contributed by atoms with Crippen LogP contribution in [0.4, 0.5) is 4.79 Å². The molecule has 2 amide bonds. The number of nitrogens with zero attached hydrogens (tertiary/aromatic N) is 1. The van der Waals surface area contributed by atoms with E-state index in [0.717, 1.165) is 56.5 Å². The second-order valence-electron chi connectivity index (χ2n) is 7.00. The van der Waals surface area contributed by atoms with E-state index in [4.69, 9.17) is 4.74 Å². The highest BCUT2D eigenvalue weighted by Crippen LogP contribution is 2.31. The summed E-state index contributed by atoms with van der Waals surface area (Å²) in [4.78, 5) is 14.4. The fourth-order valence-electron chi connectivity index (χ4n) is 3.51. The van der Waals surface area contributed by atoms with Crippen LogP contribution in [-0.4, -0.2) is 53.8 Å². The van der Waals surface area contributed by atoms with E-state index < -0.39 is 0 Å². The maximum Gasteiger partial charge on any atom is 0.317 e. The van der Waals surface area contributed by atoms with Gasteiger partial charge in [-0.25, -0.2) is 4.79 Å². The number of carbonyl (C=O) groups is 1. The van der Waals surface area contributed by atoms with Crippen LogP contribution in [0.25, 0.3) is 0 Å². The van der Waals surface area contributed by atoms with Crippen molar-refractivity contribution in [3.8, 4) is 0 Å². The first kappa shape index (κ1) is 16.4. The number of urea groups is 1. The molecule has 0 unspecified atom stereocenters. The molecule has 22 heavy (non-hydrogen) atoms. The molecule has 0 aromatic heterocycles. The van der Waals surface area contributed by atoms with Gasteiger partial charge in [0.2, 0.25) is 0 Å². The molecule has 2 saturated carbocycles. The first-order valence-electron chi connectivity index (χ1n) is 9.03. The van der Waals surface area contributed by atoms with Crippen LogP contribution in [-0.2, 0) is 4.74 Å². The van der Waals surface area contributed by atoms with Crippen molar-refractivity contribution < 1.29 is 9.53 Å². The first-order chi connectivity index (χ1) is 10.7. The normalized spacial score (nSPS) is 29.8. The molecule has 0 radical (unpaired) electrons. The first-order valence-corrected chi connectivity index (χ1v) is 10.1. The van der Waals surface area contributed by atoms with E-state index in [0.29, 0.717) is 12.1 Å². The monoisotopic (exact) mass is 326 g/mol. The van der Waals surface area contributed by atoms with Crippen molar-refractivity contribution in [3.63, 3.8) is 0 Å². The fourth-order valence-corrected chi connectivity index (χ4v) is 4.65. The van der Waals surface area contributed by atoms with E-state index >= 15 is 0 Å². The molecule has 2 aliphatic carbocycles. The van der Waals surface area contributed by atoms with Crippen molar-refractivity contribution in [1.29, 1.82) is 0 Å². The molecule has 126 valence electrons. The highest BCUT2D eigenvalue weighted by Gasteiger charge is 2.30. The molecule has 3 fully saturated rings. The molecule has 0 aromatic carbocycles. The molecule has 5 heteroatoms. The van der Waals surface area contributed by atoms with Crippen molar-refractivity contribution in [2.24, 2.45) is 5.92 Å². The maximum atomic E-state index is 12.4. The molecule has 2 atom stereocenters. The SMILES string of the molecule is CCS[C@H]1CC[C@@H](NC(=O)N2CCC(OCC3CC3)CC2)C1. The lowest BCUT2D eigenvalue weighted by Gasteiger charge is -2.32. The van der Waals surface area contributed by atoms with Gasteiger partial charge in [0.05, 0.1) is 6.10 Å². The van der Waals surface area contributed by atoms with E-state index in [9.17, 15) is 4.79 Å². The van der Waals surface area contributed by atoms with Gasteiger partial charge >= 0.3 is 6.03 Å². The van der Waals surface area contributed by atoms with Crippen LogP contribution in [0.5, 0.6) is 0 Å². The predicted octanol–water partition coefficient (Wildman–Crippen LogP) is 3.26. The standard InChI is InChI=1S/C17H30N2O2S/c1-2-22-16-6-5-14(11-16)18-17(20)19-9-7-15(8-10-19)21-12-13-3-4-13/h13-16H,2-12H2,1H3,(H,18,20)/t14-,16+/m1/s1. The summed E-state index contributed by atoms with van der Waals surface area (Å²) in [5, 5.41) is 3.99. The Balaban J connectivity index is 1.33.